The van der Waals surface area contributed by atoms with Crippen molar-refractivity contribution in [2.75, 3.05) is 0 Å². The van der Waals surface area contributed by atoms with E-state index in [4.69, 9.17) is 11.6 Å². The summed E-state index contributed by atoms with van der Waals surface area (Å²) in [6.45, 7) is 0. The SMILES string of the molecule is O=C(C=c1[nH]c(=O)c(=Cc2cc(Br)cs2)s1)c1ccc(Cl)cc1. The summed E-state index contributed by atoms with van der Waals surface area (Å²) in [6.07, 6.45) is 3.24. The maximum absolute atomic E-state index is 12.2. The molecule has 0 radical (unpaired) electrons. The van der Waals surface area contributed by atoms with Gasteiger partial charge in [-0.2, -0.15) is 0 Å². The Kier molecular flexibility index (Phi) is 4.96. The highest BCUT2D eigenvalue weighted by Gasteiger charge is 2.03. The first-order valence-electron chi connectivity index (χ1n) is 6.48. The second-order valence-electron chi connectivity index (χ2n) is 4.61. The maximum Gasteiger partial charge on any atom is 0.266 e. The zero-order valence-corrected chi connectivity index (χ0v) is 15.5. The van der Waals surface area contributed by atoms with Crippen molar-refractivity contribution < 1.29 is 4.79 Å². The van der Waals surface area contributed by atoms with Gasteiger partial charge in [0.25, 0.3) is 5.56 Å². The number of halogens is 2. The van der Waals surface area contributed by atoms with Crippen molar-refractivity contribution in [3.63, 3.8) is 0 Å². The van der Waals surface area contributed by atoms with E-state index in [-0.39, 0.29) is 11.3 Å². The van der Waals surface area contributed by atoms with Crippen molar-refractivity contribution >= 4 is 68.1 Å². The summed E-state index contributed by atoms with van der Waals surface area (Å²) in [5.41, 5.74) is 0.325. The zero-order chi connectivity index (χ0) is 16.4. The van der Waals surface area contributed by atoms with E-state index in [9.17, 15) is 9.59 Å². The molecule has 0 aliphatic rings. The summed E-state index contributed by atoms with van der Waals surface area (Å²) in [5, 5.41) is 2.52. The minimum Gasteiger partial charge on any atom is -0.313 e. The fraction of sp³-hybridized carbons (Fsp3) is 0. The number of aromatic amines is 1. The number of thiazole rings is 1. The molecule has 2 aromatic heterocycles. The van der Waals surface area contributed by atoms with Crippen LogP contribution in [0.4, 0.5) is 0 Å². The molecule has 0 atom stereocenters. The number of hydrogen-bond donors (Lipinski definition) is 1. The lowest BCUT2D eigenvalue weighted by molar-refractivity contribution is 0.106. The summed E-state index contributed by atoms with van der Waals surface area (Å²) >= 11 is 12.0. The van der Waals surface area contributed by atoms with E-state index in [2.05, 4.69) is 20.9 Å². The second-order valence-corrected chi connectivity index (χ2v) is 7.99. The molecule has 7 heteroatoms. The number of H-pyrrole nitrogens is 1. The van der Waals surface area contributed by atoms with Gasteiger partial charge in [0.1, 0.15) is 0 Å². The van der Waals surface area contributed by atoms with Gasteiger partial charge in [0.05, 0.1) is 9.20 Å². The third kappa shape index (κ3) is 4.09. The van der Waals surface area contributed by atoms with Gasteiger partial charge >= 0.3 is 0 Å². The molecule has 23 heavy (non-hydrogen) atoms. The Morgan fingerprint density at radius 2 is 2.00 bits per heavy atom. The maximum atomic E-state index is 12.2. The molecule has 0 unspecified atom stereocenters. The molecule has 0 saturated heterocycles. The van der Waals surface area contributed by atoms with Crippen molar-refractivity contribution in [2.24, 2.45) is 0 Å². The van der Waals surface area contributed by atoms with Crippen LogP contribution in [-0.2, 0) is 0 Å². The first kappa shape index (κ1) is 16.4. The number of thiophene rings is 1. The molecule has 0 fully saturated rings. The highest BCUT2D eigenvalue weighted by Crippen LogP contribution is 2.19. The molecule has 3 rings (SSSR count). The van der Waals surface area contributed by atoms with Crippen LogP contribution in [0.2, 0.25) is 5.02 Å². The molecule has 0 saturated carbocycles. The van der Waals surface area contributed by atoms with E-state index < -0.39 is 0 Å². The molecule has 0 amide bonds. The highest BCUT2D eigenvalue weighted by molar-refractivity contribution is 9.10. The standard InChI is InChI=1S/C16H9BrClNO2S2/c17-10-5-12(22-8-10)6-14-16(21)19-15(23-14)7-13(20)9-1-3-11(18)4-2-9/h1-8H,(H,19,21). The molecule has 0 aliphatic carbocycles. The second kappa shape index (κ2) is 6.97. The number of benzene rings is 1. The number of hydrogen-bond acceptors (Lipinski definition) is 4. The van der Waals surface area contributed by atoms with Crippen LogP contribution >= 0.6 is 50.2 Å². The average Bonchev–Trinajstić information content (AvgIpc) is 3.06. The zero-order valence-electron chi connectivity index (χ0n) is 11.5. The number of aromatic nitrogens is 1. The molecule has 3 nitrogen and oxygen atoms in total. The molecule has 2 heterocycles. The fourth-order valence-electron chi connectivity index (χ4n) is 1.87. The number of carbonyl (C=O) groups excluding carboxylic acids is 1. The van der Waals surface area contributed by atoms with Gasteiger partial charge in [-0.05, 0) is 52.3 Å². The lowest BCUT2D eigenvalue weighted by Crippen LogP contribution is -2.19. The summed E-state index contributed by atoms with van der Waals surface area (Å²) in [6, 6.07) is 8.57. The lowest BCUT2D eigenvalue weighted by Gasteiger charge is -1.94. The van der Waals surface area contributed by atoms with Crippen LogP contribution in [-0.4, -0.2) is 10.8 Å². The van der Waals surface area contributed by atoms with Crippen LogP contribution in [0.1, 0.15) is 15.2 Å². The van der Waals surface area contributed by atoms with Crippen LogP contribution < -0.4 is 14.8 Å². The van der Waals surface area contributed by atoms with Crippen LogP contribution in [0.15, 0.2) is 45.0 Å². The van der Waals surface area contributed by atoms with Crippen molar-refractivity contribution in [2.45, 2.75) is 0 Å². The Morgan fingerprint density at radius 1 is 1.26 bits per heavy atom. The molecule has 0 bridgehead atoms. The largest absolute Gasteiger partial charge is 0.313 e. The van der Waals surface area contributed by atoms with E-state index in [1.54, 1.807) is 24.3 Å². The molecular formula is C16H9BrClNO2S2. The smallest absolute Gasteiger partial charge is 0.266 e. The molecule has 0 spiro atoms. The van der Waals surface area contributed by atoms with Gasteiger partial charge in [-0.25, -0.2) is 0 Å². The Morgan fingerprint density at radius 3 is 2.65 bits per heavy atom. The van der Waals surface area contributed by atoms with Gasteiger partial charge in [0, 0.05) is 31.4 Å². The van der Waals surface area contributed by atoms with Gasteiger partial charge in [-0.1, -0.05) is 11.6 Å². The van der Waals surface area contributed by atoms with Gasteiger partial charge in [-0.3, -0.25) is 9.59 Å². The van der Waals surface area contributed by atoms with Gasteiger partial charge in [-0.15, -0.1) is 22.7 Å². The first-order valence-corrected chi connectivity index (χ1v) is 9.34. The summed E-state index contributed by atoms with van der Waals surface area (Å²) in [7, 11) is 0. The Balaban J connectivity index is 1.97. The van der Waals surface area contributed by atoms with E-state index in [0.717, 1.165) is 9.35 Å². The fourth-order valence-corrected chi connectivity index (χ4v) is 4.33. The minimum absolute atomic E-state index is 0.176. The van der Waals surface area contributed by atoms with E-state index in [0.29, 0.717) is 19.8 Å². The molecule has 3 aromatic rings. The monoisotopic (exact) mass is 425 g/mol. The third-order valence-corrected chi connectivity index (χ3v) is 5.79. The number of ketones is 1. The van der Waals surface area contributed by atoms with Crippen LogP contribution in [0, 0.1) is 0 Å². The third-order valence-electron chi connectivity index (χ3n) is 2.93. The minimum atomic E-state index is -0.199. The van der Waals surface area contributed by atoms with Crippen LogP contribution in [0.25, 0.3) is 12.2 Å². The molecule has 1 N–H and O–H groups in total. The van der Waals surface area contributed by atoms with Crippen molar-refractivity contribution in [1.29, 1.82) is 0 Å². The van der Waals surface area contributed by atoms with Crippen LogP contribution in [0.3, 0.4) is 0 Å². The topological polar surface area (TPSA) is 49.9 Å². The van der Waals surface area contributed by atoms with E-state index in [1.165, 1.54) is 28.7 Å². The quantitative estimate of drug-likeness (QED) is 0.653. The predicted molar refractivity (Wildman–Crippen MR) is 100 cm³/mol. The average molecular weight is 427 g/mol. The Labute approximate surface area is 152 Å². The summed E-state index contributed by atoms with van der Waals surface area (Å²) in [5.74, 6) is -0.176. The number of nitrogens with one attached hydrogen (secondary N) is 1. The van der Waals surface area contributed by atoms with E-state index in [1.807, 2.05) is 17.5 Å². The molecule has 116 valence electrons. The Hall–Kier alpha value is -1.47. The predicted octanol–water partition coefficient (Wildman–Crippen LogP) is 3.41. The molecular weight excluding hydrogens is 418 g/mol. The van der Waals surface area contributed by atoms with Crippen LogP contribution in [0.5, 0.6) is 0 Å². The van der Waals surface area contributed by atoms with Gasteiger partial charge in [0.15, 0.2) is 5.78 Å². The molecule has 0 aliphatic heterocycles. The summed E-state index contributed by atoms with van der Waals surface area (Å²) in [4.78, 5) is 27.8. The van der Waals surface area contributed by atoms with Gasteiger partial charge in [0.2, 0.25) is 0 Å². The van der Waals surface area contributed by atoms with Crippen molar-refractivity contribution in [1.82, 2.24) is 4.98 Å². The number of carbonyl (C=O) groups is 1. The summed E-state index contributed by atoms with van der Waals surface area (Å²) < 4.78 is 2.07. The van der Waals surface area contributed by atoms with Crippen molar-refractivity contribution in [3.05, 3.63) is 75.2 Å². The number of Topliss-reactive ketones (excluding diaryl/α,β-unsaturated/α-hetero) is 1. The number of rotatable bonds is 3. The lowest BCUT2D eigenvalue weighted by atomic mass is 10.1. The van der Waals surface area contributed by atoms with Crippen molar-refractivity contribution in [3.8, 4) is 0 Å². The van der Waals surface area contributed by atoms with E-state index >= 15 is 0 Å². The van der Waals surface area contributed by atoms with Gasteiger partial charge < -0.3 is 4.98 Å². The molecule has 1 aromatic carbocycles. The Bertz CT molecular complexity index is 1030. The first-order chi connectivity index (χ1) is 11.0. The normalized spacial score (nSPS) is 12.8. The highest BCUT2D eigenvalue weighted by atomic mass is 79.9.